The van der Waals surface area contributed by atoms with Crippen molar-refractivity contribution >= 4 is 11.8 Å². The molecule has 1 aromatic carbocycles. The molecule has 1 aromatic rings. The van der Waals surface area contributed by atoms with Crippen LogP contribution in [0.1, 0.15) is 43.0 Å². The van der Waals surface area contributed by atoms with Crippen LogP contribution in [0.25, 0.3) is 0 Å². The maximum atomic E-state index is 13.3. The third-order valence-corrected chi connectivity index (χ3v) is 5.54. The minimum Gasteiger partial charge on any atom is -0.496 e. The van der Waals surface area contributed by atoms with Crippen LogP contribution in [0.4, 0.5) is 0 Å². The molecule has 2 aliphatic heterocycles. The summed E-state index contributed by atoms with van der Waals surface area (Å²) < 4.78 is 10.7. The molecule has 2 fully saturated rings. The van der Waals surface area contributed by atoms with Crippen molar-refractivity contribution in [2.75, 3.05) is 33.9 Å². The zero-order chi connectivity index (χ0) is 18.7. The lowest BCUT2D eigenvalue weighted by molar-refractivity contribution is -0.136. The zero-order valence-electron chi connectivity index (χ0n) is 15.9. The number of carbonyl (C=O) groups is 2. The second-order valence-corrected chi connectivity index (χ2v) is 7.20. The van der Waals surface area contributed by atoms with E-state index in [1.165, 1.54) is 14.2 Å². The lowest BCUT2D eigenvalue weighted by atomic mass is 9.98. The Balaban J connectivity index is 1.82. The van der Waals surface area contributed by atoms with Gasteiger partial charge in [0.15, 0.2) is 0 Å². The van der Waals surface area contributed by atoms with Crippen LogP contribution in [0, 0.1) is 5.92 Å². The molecule has 26 heavy (non-hydrogen) atoms. The summed E-state index contributed by atoms with van der Waals surface area (Å²) in [5.41, 5.74) is 0.393. The van der Waals surface area contributed by atoms with Gasteiger partial charge in [-0.1, -0.05) is 13.0 Å². The summed E-state index contributed by atoms with van der Waals surface area (Å²) in [6.07, 6.45) is 3.62. The van der Waals surface area contributed by atoms with Crippen LogP contribution >= 0.6 is 0 Å². The standard InChI is InChI=1S/C20H28N2O4/c1-14-9-12-21(13-10-14)19(23)15-6-5-11-22(15)20(24)18-16(25-2)7-4-8-17(18)26-3/h4,7-8,14-15H,5-6,9-13H2,1-3H3/t15-/m0/s1. The molecule has 142 valence electrons. The normalized spacial score (nSPS) is 21.0. The van der Waals surface area contributed by atoms with Crippen molar-refractivity contribution in [3.8, 4) is 11.5 Å². The molecule has 0 aromatic heterocycles. The number of amides is 2. The van der Waals surface area contributed by atoms with Gasteiger partial charge in [0, 0.05) is 19.6 Å². The van der Waals surface area contributed by atoms with Crippen LogP contribution in [-0.4, -0.2) is 61.5 Å². The number of likely N-dealkylation sites (tertiary alicyclic amines) is 2. The Kier molecular flexibility index (Phi) is 5.69. The van der Waals surface area contributed by atoms with Crippen molar-refractivity contribution in [1.82, 2.24) is 9.80 Å². The molecule has 0 aliphatic carbocycles. The summed E-state index contributed by atoms with van der Waals surface area (Å²) in [5.74, 6) is 1.49. The fourth-order valence-corrected chi connectivity index (χ4v) is 3.91. The molecule has 6 heteroatoms. The number of nitrogens with zero attached hydrogens (tertiary/aromatic N) is 2. The number of rotatable bonds is 4. The van der Waals surface area contributed by atoms with Crippen LogP contribution in [0.2, 0.25) is 0 Å². The summed E-state index contributed by atoms with van der Waals surface area (Å²) in [6, 6.07) is 4.89. The third kappa shape index (κ3) is 3.50. The minimum atomic E-state index is -0.384. The van der Waals surface area contributed by atoms with E-state index in [2.05, 4.69) is 6.92 Å². The zero-order valence-corrected chi connectivity index (χ0v) is 15.9. The second kappa shape index (κ2) is 7.98. The molecular weight excluding hydrogens is 332 g/mol. The Hall–Kier alpha value is -2.24. The van der Waals surface area contributed by atoms with E-state index >= 15 is 0 Å². The van der Waals surface area contributed by atoms with Crippen molar-refractivity contribution in [2.45, 2.75) is 38.6 Å². The van der Waals surface area contributed by atoms with Crippen molar-refractivity contribution in [3.05, 3.63) is 23.8 Å². The maximum Gasteiger partial charge on any atom is 0.262 e. The largest absolute Gasteiger partial charge is 0.496 e. The van der Waals surface area contributed by atoms with Gasteiger partial charge in [0.1, 0.15) is 23.1 Å². The highest BCUT2D eigenvalue weighted by atomic mass is 16.5. The predicted octanol–water partition coefficient (Wildman–Crippen LogP) is 2.57. The van der Waals surface area contributed by atoms with Crippen LogP contribution < -0.4 is 9.47 Å². The summed E-state index contributed by atoms with van der Waals surface area (Å²) in [5, 5.41) is 0. The van der Waals surface area contributed by atoms with E-state index in [1.54, 1.807) is 23.1 Å². The number of piperidine rings is 1. The number of hydrogen-bond acceptors (Lipinski definition) is 4. The smallest absolute Gasteiger partial charge is 0.262 e. The summed E-state index contributed by atoms with van der Waals surface area (Å²) in [7, 11) is 3.07. The highest BCUT2D eigenvalue weighted by Gasteiger charge is 2.39. The van der Waals surface area contributed by atoms with Gasteiger partial charge in [-0.3, -0.25) is 9.59 Å². The Morgan fingerprint density at radius 3 is 2.19 bits per heavy atom. The molecule has 0 bridgehead atoms. The van der Waals surface area contributed by atoms with Gasteiger partial charge in [-0.05, 0) is 43.7 Å². The first-order valence-corrected chi connectivity index (χ1v) is 9.37. The summed E-state index contributed by atoms with van der Waals surface area (Å²) in [6.45, 7) is 4.38. The van der Waals surface area contributed by atoms with Gasteiger partial charge in [0.25, 0.3) is 5.91 Å². The van der Waals surface area contributed by atoms with Gasteiger partial charge < -0.3 is 19.3 Å². The van der Waals surface area contributed by atoms with E-state index < -0.39 is 0 Å². The molecule has 2 heterocycles. The number of hydrogen-bond donors (Lipinski definition) is 0. The maximum absolute atomic E-state index is 13.3. The van der Waals surface area contributed by atoms with Gasteiger partial charge >= 0.3 is 0 Å². The Bertz CT molecular complexity index is 646. The van der Waals surface area contributed by atoms with E-state index in [9.17, 15) is 9.59 Å². The van der Waals surface area contributed by atoms with E-state index in [0.29, 0.717) is 35.9 Å². The van der Waals surface area contributed by atoms with Crippen molar-refractivity contribution in [3.63, 3.8) is 0 Å². The number of methoxy groups -OCH3 is 2. The van der Waals surface area contributed by atoms with Crippen LogP contribution in [0.3, 0.4) is 0 Å². The van der Waals surface area contributed by atoms with Gasteiger partial charge in [-0.15, -0.1) is 0 Å². The molecule has 2 amide bonds. The lowest BCUT2D eigenvalue weighted by Gasteiger charge is -2.34. The number of carbonyl (C=O) groups excluding carboxylic acids is 2. The first kappa shape index (κ1) is 18.5. The van der Waals surface area contributed by atoms with Crippen molar-refractivity contribution in [2.24, 2.45) is 5.92 Å². The van der Waals surface area contributed by atoms with E-state index in [4.69, 9.17) is 9.47 Å². The van der Waals surface area contributed by atoms with Gasteiger partial charge in [0.2, 0.25) is 5.91 Å². The number of ether oxygens (including phenoxy) is 2. The SMILES string of the molecule is COc1cccc(OC)c1C(=O)N1CCC[C@H]1C(=O)N1CCC(C)CC1. The monoisotopic (exact) mass is 360 g/mol. The summed E-state index contributed by atoms with van der Waals surface area (Å²) >= 11 is 0. The number of benzene rings is 1. The highest BCUT2D eigenvalue weighted by Crippen LogP contribution is 2.32. The molecule has 1 atom stereocenters. The van der Waals surface area contributed by atoms with Crippen molar-refractivity contribution in [1.29, 1.82) is 0 Å². The molecule has 6 nitrogen and oxygen atoms in total. The van der Waals surface area contributed by atoms with E-state index in [0.717, 1.165) is 32.4 Å². The average Bonchev–Trinajstić information content (AvgIpc) is 3.16. The quantitative estimate of drug-likeness (QED) is 0.828. The molecule has 0 radical (unpaired) electrons. The highest BCUT2D eigenvalue weighted by molar-refractivity contribution is 6.02. The van der Waals surface area contributed by atoms with Crippen LogP contribution in [-0.2, 0) is 4.79 Å². The molecule has 3 rings (SSSR count). The van der Waals surface area contributed by atoms with Gasteiger partial charge in [-0.25, -0.2) is 0 Å². The second-order valence-electron chi connectivity index (χ2n) is 7.20. The first-order valence-electron chi connectivity index (χ1n) is 9.37. The molecular formula is C20H28N2O4. The fraction of sp³-hybridized carbons (Fsp3) is 0.600. The summed E-state index contributed by atoms with van der Waals surface area (Å²) in [4.78, 5) is 29.9. The first-order chi connectivity index (χ1) is 12.6. The fourth-order valence-electron chi connectivity index (χ4n) is 3.91. The lowest BCUT2D eigenvalue weighted by Crippen LogP contribution is -2.50. The van der Waals surface area contributed by atoms with Crippen LogP contribution in [0.15, 0.2) is 18.2 Å². The molecule has 0 unspecified atom stereocenters. The topological polar surface area (TPSA) is 59.1 Å². The molecule has 2 aliphatic rings. The van der Waals surface area contributed by atoms with Gasteiger partial charge in [0.05, 0.1) is 14.2 Å². The Morgan fingerprint density at radius 1 is 1.00 bits per heavy atom. The molecule has 2 saturated heterocycles. The molecule has 0 spiro atoms. The van der Waals surface area contributed by atoms with Crippen LogP contribution in [0.5, 0.6) is 11.5 Å². The Morgan fingerprint density at radius 2 is 1.62 bits per heavy atom. The van der Waals surface area contributed by atoms with E-state index in [1.807, 2.05) is 4.90 Å². The van der Waals surface area contributed by atoms with E-state index in [-0.39, 0.29) is 17.9 Å². The third-order valence-electron chi connectivity index (χ3n) is 5.54. The predicted molar refractivity (Wildman–Crippen MR) is 98.6 cm³/mol. The average molecular weight is 360 g/mol. The molecule has 0 saturated carbocycles. The van der Waals surface area contributed by atoms with Gasteiger partial charge in [-0.2, -0.15) is 0 Å². The Labute approximate surface area is 155 Å². The molecule has 0 N–H and O–H groups in total. The minimum absolute atomic E-state index is 0.0802. The van der Waals surface area contributed by atoms with Crippen molar-refractivity contribution < 1.29 is 19.1 Å².